The summed E-state index contributed by atoms with van der Waals surface area (Å²) >= 11 is 12.0. The number of nitrogens with zero attached hydrogens (tertiary/aromatic N) is 1. The Labute approximate surface area is 153 Å². The molecule has 1 aromatic rings. The molecule has 0 radical (unpaired) electrons. The minimum absolute atomic E-state index is 0.713. The van der Waals surface area contributed by atoms with E-state index in [2.05, 4.69) is 8.83 Å². The van der Waals surface area contributed by atoms with E-state index in [1.165, 1.54) is 0 Å². The molecule has 0 bridgehead atoms. The molecular weight excluding hydrogens is 445 g/mol. The number of aliphatic hydroxyl groups is 1. The summed E-state index contributed by atoms with van der Waals surface area (Å²) in [6, 6.07) is 0.959. The Morgan fingerprint density at radius 2 is 1.92 bits per heavy atom. The molecule has 2 rings (SSSR count). The van der Waals surface area contributed by atoms with Crippen molar-refractivity contribution in [3.63, 3.8) is 0 Å². The van der Waals surface area contributed by atoms with Crippen LogP contribution in [0, 0.1) is 0 Å². The van der Waals surface area contributed by atoms with Crippen LogP contribution in [0.5, 0.6) is 0 Å². The van der Waals surface area contributed by atoms with Crippen LogP contribution < -0.4 is 11.2 Å². The largest absolute Gasteiger partial charge is 0.481 e. The van der Waals surface area contributed by atoms with Crippen molar-refractivity contribution in [2.24, 2.45) is 0 Å². The maximum Gasteiger partial charge on any atom is 0.481 e. The molecule has 2 unspecified atom stereocenters. The number of ether oxygens (including phenoxy) is 1. The number of halogens is 2. The van der Waals surface area contributed by atoms with Crippen LogP contribution in [0.4, 0.5) is 0 Å². The second kappa shape index (κ2) is 7.46. The smallest absolute Gasteiger partial charge is 0.387 e. The van der Waals surface area contributed by atoms with Crippen LogP contribution in [0.15, 0.2) is 21.9 Å². The van der Waals surface area contributed by atoms with Crippen molar-refractivity contribution < 1.29 is 42.5 Å². The summed E-state index contributed by atoms with van der Waals surface area (Å²) < 4.78 is 33.8. The lowest BCUT2D eigenvalue weighted by atomic mass is 10.2. The van der Waals surface area contributed by atoms with E-state index in [9.17, 15) is 28.7 Å². The van der Waals surface area contributed by atoms with E-state index in [4.69, 9.17) is 37.7 Å². The second-order valence-corrected chi connectivity index (χ2v) is 9.27. The molecule has 2 heterocycles. The fourth-order valence-electron chi connectivity index (χ4n) is 2.04. The molecule has 13 nitrogen and oxygen atoms in total. The van der Waals surface area contributed by atoms with Crippen LogP contribution >= 0.6 is 38.8 Å². The van der Waals surface area contributed by atoms with E-state index in [0.717, 1.165) is 16.8 Å². The van der Waals surface area contributed by atoms with Crippen LogP contribution in [0.1, 0.15) is 6.23 Å². The first-order chi connectivity index (χ1) is 11.7. The predicted octanol–water partition coefficient (Wildman–Crippen LogP) is -0.805. The predicted molar refractivity (Wildman–Crippen MR) is 84.6 cm³/mol. The van der Waals surface area contributed by atoms with Gasteiger partial charge in [0.05, 0.1) is 6.61 Å². The molecular formula is C9H12Cl2N2O11P2. The highest BCUT2D eigenvalue weighted by Gasteiger charge is 2.56. The molecule has 1 aliphatic heterocycles. The van der Waals surface area contributed by atoms with E-state index >= 15 is 0 Å². The number of phosphoric acid groups is 2. The number of rotatable bonds is 6. The van der Waals surface area contributed by atoms with E-state index < -0.39 is 56.3 Å². The van der Waals surface area contributed by atoms with Crippen LogP contribution in [-0.2, 0) is 22.7 Å². The van der Waals surface area contributed by atoms with Crippen LogP contribution in [0.3, 0.4) is 0 Å². The number of hydrogen-bond acceptors (Lipinski definition) is 8. The van der Waals surface area contributed by atoms with Gasteiger partial charge < -0.3 is 24.5 Å². The number of aliphatic hydroxyl groups excluding tert-OH is 1. The van der Waals surface area contributed by atoms with Crippen molar-refractivity contribution >= 4 is 38.8 Å². The summed E-state index contributed by atoms with van der Waals surface area (Å²) in [6.07, 6.45) is -3.78. The van der Waals surface area contributed by atoms with Crippen molar-refractivity contribution in [1.82, 2.24) is 9.55 Å². The van der Waals surface area contributed by atoms with E-state index in [0.29, 0.717) is 0 Å². The summed E-state index contributed by atoms with van der Waals surface area (Å²) in [5.74, 6) is 0. The number of aromatic amines is 1. The van der Waals surface area contributed by atoms with Gasteiger partial charge in [0.2, 0.25) is 0 Å². The third-order valence-electron chi connectivity index (χ3n) is 3.09. The first kappa shape index (κ1) is 21.7. The molecule has 0 saturated carbocycles. The minimum atomic E-state index is -5.33. The summed E-state index contributed by atoms with van der Waals surface area (Å²) in [5.41, 5.74) is -1.67. The van der Waals surface area contributed by atoms with Crippen LogP contribution in [-0.4, -0.2) is 52.5 Å². The van der Waals surface area contributed by atoms with Crippen molar-refractivity contribution in [3.05, 3.63) is 33.1 Å². The summed E-state index contributed by atoms with van der Waals surface area (Å²) in [7, 11) is -10.5. The highest BCUT2D eigenvalue weighted by molar-refractivity contribution is 7.60. The average molecular weight is 457 g/mol. The molecule has 26 heavy (non-hydrogen) atoms. The van der Waals surface area contributed by atoms with Gasteiger partial charge in [0.15, 0.2) is 10.6 Å². The summed E-state index contributed by atoms with van der Waals surface area (Å²) in [5, 5.41) is 10.1. The van der Waals surface area contributed by atoms with Crippen molar-refractivity contribution in [3.8, 4) is 0 Å². The van der Waals surface area contributed by atoms with Gasteiger partial charge in [-0.1, -0.05) is 23.2 Å². The van der Waals surface area contributed by atoms with Gasteiger partial charge in [-0.3, -0.25) is 18.9 Å². The molecule has 5 N–H and O–H groups in total. The molecule has 1 aliphatic rings. The van der Waals surface area contributed by atoms with Gasteiger partial charge in [0, 0.05) is 12.3 Å². The molecule has 1 aromatic heterocycles. The zero-order chi connectivity index (χ0) is 19.9. The Morgan fingerprint density at radius 3 is 2.46 bits per heavy atom. The topological polar surface area (TPSA) is 198 Å². The molecule has 1 fully saturated rings. The molecule has 17 heteroatoms. The monoisotopic (exact) mass is 456 g/mol. The minimum Gasteiger partial charge on any atom is -0.387 e. The maximum atomic E-state index is 11.8. The number of nitrogens with one attached hydrogen (secondary N) is 1. The standard InChI is InChI=1S/C9H12Cl2N2O11P2/c10-9(11)6(15)4(3-22-26(20,21)24-25(17,18)19)23-7(9)13-2-1-5(14)12-8(13)16/h1-2,4,6-7,15H,3H2,(H,20,21)(H,12,14,16)(H2,17,18,19)/t4-,6-,7?/m1/s1. The second-order valence-electron chi connectivity index (χ2n) is 5.00. The number of phosphoric ester groups is 1. The fraction of sp³-hybridized carbons (Fsp3) is 0.556. The lowest BCUT2D eigenvalue weighted by Gasteiger charge is -2.23. The lowest BCUT2D eigenvalue weighted by molar-refractivity contribution is -0.0453. The van der Waals surface area contributed by atoms with Crippen LogP contribution in [0.2, 0.25) is 0 Å². The number of H-pyrrole nitrogens is 1. The van der Waals surface area contributed by atoms with Gasteiger partial charge in [0.25, 0.3) is 5.56 Å². The molecule has 0 amide bonds. The first-order valence-electron chi connectivity index (χ1n) is 6.50. The van der Waals surface area contributed by atoms with E-state index in [1.54, 1.807) is 0 Å². The summed E-state index contributed by atoms with van der Waals surface area (Å²) in [4.78, 5) is 51.0. The molecule has 4 atom stereocenters. The van der Waals surface area contributed by atoms with Gasteiger partial charge in [0.1, 0.15) is 12.2 Å². The van der Waals surface area contributed by atoms with Crippen molar-refractivity contribution in [2.75, 3.05) is 6.61 Å². The first-order valence-corrected chi connectivity index (χ1v) is 10.3. The summed E-state index contributed by atoms with van der Waals surface area (Å²) in [6.45, 7) is -0.926. The van der Waals surface area contributed by atoms with Gasteiger partial charge in [-0.25, -0.2) is 13.9 Å². The van der Waals surface area contributed by atoms with Gasteiger partial charge >= 0.3 is 21.3 Å². The molecule has 0 spiro atoms. The van der Waals surface area contributed by atoms with Gasteiger partial charge in [-0.05, 0) is 0 Å². The number of alkyl halides is 2. The third kappa shape index (κ3) is 5.03. The molecule has 0 aromatic carbocycles. The van der Waals surface area contributed by atoms with Gasteiger partial charge in [-0.15, -0.1) is 0 Å². The molecule has 1 saturated heterocycles. The molecule has 148 valence electrons. The van der Waals surface area contributed by atoms with E-state index in [1.807, 2.05) is 4.98 Å². The normalized spacial score (nSPS) is 28.0. The number of hydrogen-bond donors (Lipinski definition) is 5. The Balaban J connectivity index is 2.18. The maximum absolute atomic E-state index is 11.8. The van der Waals surface area contributed by atoms with Gasteiger partial charge in [-0.2, -0.15) is 4.31 Å². The Kier molecular flexibility index (Phi) is 6.23. The van der Waals surface area contributed by atoms with E-state index in [-0.39, 0.29) is 0 Å². The SMILES string of the molecule is O=c1ccn(C2O[C@H](COP(=O)(O)OP(=O)(O)O)[C@@H](O)C2(Cl)Cl)c(=O)[nH]1. The zero-order valence-electron chi connectivity index (χ0n) is 12.3. The highest BCUT2D eigenvalue weighted by atomic mass is 35.5. The Morgan fingerprint density at radius 1 is 1.31 bits per heavy atom. The van der Waals surface area contributed by atoms with Crippen molar-refractivity contribution in [1.29, 1.82) is 0 Å². The number of aromatic nitrogens is 2. The molecule has 0 aliphatic carbocycles. The highest BCUT2D eigenvalue weighted by Crippen LogP contribution is 2.58. The quantitative estimate of drug-likeness (QED) is 0.265. The van der Waals surface area contributed by atoms with Crippen LogP contribution in [0.25, 0.3) is 0 Å². The zero-order valence-corrected chi connectivity index (χ0v) is 15.6. The van der Waals surface area contributed by atoms with Crippen molar-refractivity contribution in [2.45, 2.75) is 22.8 Å². The third-order valence-corrected chi connectivity index (χ3v) is 6.07. The Hall–Kier alpha value is -0.560. The Bertz CT molecular complexity index is 879. The average Bonchev–Trinajstić information content (AvgIpc) is 2.66. The lowest BCUT2D eigenvalue weighted by Crippen LogP contribution is -2.41. The fourth-order valence-corrected chi connectivity index (χ4v) is 4.24.